The first-order chi connectivity index (χ1) is 13.7. The van der Waals surface area contributed by atoms with E-state index in [0.29, 0.717) is 18.2 Å². The van der Waals surface area contributed by atoms with Crippen molar-refractivity contribution in [1.29, 1.82) is 0 Å². The van der Waals surface area contributed by atoms with Gasteiger partial charge in [0.2, 0.25) is 0 Å². The highest BCUT2D eigenvalue weighted by molar-refractivity contribution is 5.80. The van der Waals surface area contributed by atoms with E-state index in [0.717, 1.165) is 37.5 Å². The molecule has 0 bridgehead atoms. The molecule has 1 aliphatic heterocycles. The van der Waals surface area contributed by atoms with E-state index in [1.807, 2.05) is 12.1 Å². The molecule has 28 heavy (non-hydrogen) atoms. The predicted molar refractivity (Wildman–Crippen MR) is 112 cm³/mol. The number of para-hydroxylation sites is 1. The zero-order valence-electron chi connectivity index (χ0n) is 16.6. The topological polar surface area (TPSA) is 48.9 Å². The second-order valence-electron chi connectivity index (χ2n) is 7.03. The van der Waals surface area contributed by atoms with Crippen LogP contribution in [0.5, 0.6) is 0 Å². The molecule has 3 rings (SSSR count). The standard InChI is InChI=1S/C22H29FN4O/c1-24-22(25-15-17-8-9-21(23)18(14-17)16-28-2)26-19-10-12-27(13-11-19)20-6-4-3-5-7-20/h3-9,14,19H,10-13,15-16H2,1-2H3,(H2,24,25,26). The smallest absolute Gasteiger partial charge is 0.191 e. The van der Waals surface area contributed by atoms with Gasteiger partial charge in [-0.2, -0.15) is 0 Å². The first-order valence-corrected chi connectivity index (χ1v) is 9.73. The van der Waals surface area contributed by atoms with Gasteiger partial charge in [0.05, 0.1) is 6.61 Å². The molecule has 2 N–H and O–H groups in total. The Labute approximate surface area is 166 Å². The lowest BCUT2D eigenvalue weighted by molar-refractivity contribution is 0.181. The van der Waals surface area contributed by atoms with Crippen molar-refractivity contribution in [2.45, 2.75) is 32.0 Å². The van der Waals surface area contributed by atoms with E-state index in [9.17, 15) is 4.39 Å². The van der Waals surface area contributed by atoms with E-state index in [1.54, 1.807) is 20.2 Å². The van der Waals surface area contributed by atoms with Crippen LogP contribution in [-0.4, -0.2) is 39.2 Å². The van der Waals surface area contributed by atoms with Gasteiger partial charge in [-0.05, 0) is 42.7 Å². The number of benzene rings is 2. The van der Waals surface area contributed by atoms with Gasteiger partial charge < -0.3 is 20.3 Å². The minimum atomic E-state index is -0.238. The SMILES string of the molecule is CN=C(NCc1ccc(F)c(COC)c1)NC1CCN(c2ccccc2)CC1. The van der Waals surface area contributed by atoms with Crippen molar-refractivity contribution < 1.29 is 9.13 Å². The molecule has 0 saturated carbocycles. The summed E-state index contributed by atoms with van der Waals surface area (Å²) < 4.78 is 18.8. The molecule has 0 aromatic heterocycles. The average molecular weight is 384 g/mol. The number of hydrogen-bond acceptors (Lipinski definition) is 3. The zero-order chi connectivity index (χ0) is 19.8. The Bertz CT molecular complexity index is 773. The van der Waals surface area contributed by atoms with Gasteiger partial charge in [-0.25, -0.2) is 4.39 Å². The highest BCUT2D eigenvalue weighted by Crippen LogP contribution is 2.19. The van der Waals surface area contributed by atoms with Crippen LogP contribution < -0.4 is 15.5 Å². The van der Waals surface area contributed by atoms with Crippen LogP contribution >= 0.6 is 0 Å². The largest absolute Gasteiger partial charge is 0.380 e. The number of anilines is 1. The molecule has 2 aromatic carbocycles. The second kappa shape index (κ2) is 10.1. The Kier molecular flexibility index (Phi) is 7.25. The summed E-state index contributed by atoms with van der Waals surface area (Å²) in [6, 6.07) is 16.0. The predicted octanol–water partition coefficient (Wildman–Crippen LogP) is 3.31. The van der Waals surface area contributed by atoms with Crippen LogP contribution in [0.25, 0.3) is 0 Å². The van der Waals surface area contributed by atoms with Crippen LogP contribution in [0.4, 0.5) is 10.1 Å². The van der Waals surface area contributed by atoms with Crippen LogP contribution in [0.15, 0.2) is 53.5 Å². The van der Waals surface area contributed by atoms with Crippen LogP contribution in [-0.2, 0) is 17.9 Å². The summed E-state index contributed by atoms with van der Waals surface area (Å²) in [5.74, 6) is 0.536. The van der Waals surface area contributed by atoms with E-state index in [2.05, 4.69) is 44.8 Å². The lowest BCUT2D eigenvalue weighted by Crippen LogP contribution is -2.48. The third-order valence-electron chi connectivity index (χ3n) is 5.05. The molecular formula is C22H29FN4O. The molecule has 1 fully saturated rings. The highest BCUT2D eigenvalue weighted by Gasteiger charge is 2.20. The Morgan fingerprint density at radius 3 is 2.61 bits per heavy atom. The molecule has 0 atom stereocenters. The molecule has 0 unspecified atom stereocenters. The molecule has 6 heteroatoms. The molecule has 0 amide bonds. The number of piperidine rings is 1. The van der Waals surface area contributed by atoms with Crippen LogP contribution in [0, 0.1) is 5.82 Å². The maximum Gasteiger partial charge on any atom is 0.191 e. The fourth-order valence-corrected chi connectivity index (χ4v) is 3.50. The maximum atomic E-state index is 13.7. The van der Waals surface area contributed by atoms with Gasteiger partial charge >= 0.3 is 0 Å². The lowest BCUT2D eigenvalue weighted by atomic mass is 10.0. The minimum Gasteiger partial charge on any atom is -0.380 e. The molecule has 2 aromatic rings. The molecular weight excluding hydrogens is 355 g/mol. The normalized spacial score (nSPS) is 15.5. The maximum absolute atomic E-state index is 13.7. The molecule has 1 heterocycles. The van der Waals surface area contributed by atoms with Crippen molar-refractivity contribution in [2.24, 2.45) is 4.99 Å². The minimum absolute atomic E-state index is 0.238. The first-order valence-electron chi connectivity index (χ1n) is 9.73. The molecule has 0 radical (unpaired) electrons. The zero-order valence-corrected chi connectivity index (χ0v) is 16.6. The van der Waals surface area contributed by atoms with Crippen molar-refractivity contribution >= 4 is 11.6 Å². The molecule has 1 aliphatic rings. The number of aliphatic imine (C=N–C) groups is 1. The fourth-order valence-electron chi connectivity index (χ4n) is 3.50. The summed E-state index contributed by atoms with van der Waals surface area (Å²) in [7, 11) is 3.34. The van der Waals surface area contributed by atoms with Gasteiger partial charge in [0.15, 0.2) is 5.96 Å². The summed E-state index contributed by atoms with van der Waals surface area (Å²) in [5, 5.41) is 6.84. The average Bonchev–Trinajstić information content (AvgIpc) is 2.74. The van der Waals surface area contributed by atoms with E-state index in [-0.39, 0.29) is 12.4 Å². The van der Waals surface area contributed by atoms with Crippen molar-refractivity contribution in [3.05, 3.63) is 65.5 Å². The van der Waals surface area contributed by atoms with Crippen LogP contribution in [0.3, 0.4) is 0 Å². The van der Waals surface area contributed by atoms with Gasteiger partial charge in [0, 0.05) is 51.1 Å². The van der Waals surface area contributed by atoms with Crippen molar-refractivity contribution in [3.8, 4) is 0 Å². The molecule has 5 nitrogen and oxygen atoms in total. The second-order valence-corrected chi connectivity index (χ2v) is 7.03. The van der Waals surface area contributed by atoms with Gasteiger partial charge in [-0.3, -0.25) is 4.99 Å². The highest BCUT2D eigenvalue weighted by atomic mass is 19.1. The van der Waals surface area contributed by atoms with Crippen LogP contribution in [0.1, 0.15) is 24.0 Å². The van der Waals surface area contributed by atoms with Crippen molar-refractivity contribution in [2.75, 3.05) is 32.1 Å². The summed E-state index contributed by atoms with van der Waals surface area (Å²) in [6.07, 6.45) is 2.12. The van der Waals surface area contributed by atoms with Gasteiger partial charge in [-0.1, -0.05) is 24.3 Å². The van der Waals surface area contributed by atoms with E-state index < -0.39 is 0 Å². The van der Waals surface area contributed by atoms with Gasteiger partial charge in [0.1, 0.15) is 5.82 Å². The third kappa shape index (κ3) is 5.45. The van der Waals surface area contributed by atoms with E-state index in [1.165, 1.54) is 11.8 Å². The number of halogens is 1. The third-order valence-corrected chi connectivity index (χ3v) is 5.05. The van der Waals surface area contributed by atoms with Gasteiger partial charge in [-0.15, -0.1) is 0 Å². The first kappa shape index (κ1) is 20.1. The van der Waals surface area contributed by atoms with Crippen LogP contribution in [0.2, 0.25) is 0 Å². The number of rotatable bonds is 6. The Morgan fingerprint density at radius 1 is 1.18 bits per heavy atom. The summed E-state index contributed by atoms with van der Waals surface area (Å²) >= 11 is 0. The monoisotopic (exact) mass is 384 g/mol. The van der Waals surface area contributed by atoms with E-state index >= 15 is 0 Å². The Hall–Kier alpha value is -2.60. The molecule has 0 aliphatic carbocycles. The summed E-state index contributed by atoms with van der Waals surface area (Å²) in [5.41, 5.74) is 2.85. The number of nitrogens with one attached hydrogen (secondary N) is 2. The van der Waals surface area contributed by atoms with Crippen molar-refractivity contribution in [3.63, 3.8) is 0 Å². The number of hydrogen-bond donors (Lipinski definition) is 2. The fraction of sp³-hybridized carbons (Fsp3) is 0.409. The number of nitrogens with zero attached hydrogens (tertiary/aromatic N) is 2. The summed E-state index contributed by atoms with van der Waals surface area (Å²) in [6.45, 7) is 2.90. The Morgan fingerprint density at radius 2 is 1.93 bits per heavy atom. The summed E-state index contributed by atoms with van der Waals surface area (Å²) in [4.78, 5) is 6.75. The quantitative estimate of drug-likeness (QED) is 0.593. The van der Waals surface area contributed by atoms with Gasteiger partial charge in [0.25, 0.3) is 0 Å². The van der Waals surface area contributed by atoms with Crippen molar-refractivity contribution in [1.82, 2.24) is 10.6 Å². The number of guanidine groups is 1. The number of methoxy groups -OCH3 is 1. The van der Waals surface area contributed by atoms with E-state index in [4.69, 9.17) is 4.74 Å². The lowest BCUT2D eigenvalue weighted by Gasteiger charge is -2.34. The molecule has 1 saturated heterocycles. The Balaban J connectivity index is 1.48. The molecule has 0 spiro atoms. The number of ether oxygens (including phenoxy) is 1. The molecule has 150 valence electrons.